The van der Waals surface area contributed by atoms with E-state index in [0.29, 0.717) is 52.5 Å². The first-order chi connectivity index (χ1) is 15.7. The first-order valence-electron chi connectivity index (χ1n) is 10.2. The van der Waals surface area contributed by atoms with Gasteiger partial charge in [0.1, 0.15) is 5.82 Å². The van der Waals surface area contributed by atoms with E-state index >= 15 is 0 Å². The third kappa shape index (κ3) is 5.11. The Morgan fingerprint density at radius 2 is 2.00 bits per heavy atom. The normalized spacial score (nSPS) is 17.1. The van der Waals surface area contributed by atoms with Crippen molar-refractivity contribution in [2.75, 3.05) is 32.5 Å². The second kappa shape index (κ2) is 9.73. The molecule has 4 rings (SSSR count). The van der Waals surface area contributed by atoms with Crippen LogP contribution >= 0.6 is 34.5 Å². The van der Waals surface area contributed by atoms with Gasteiger partial charge in [-0.3, -0.25) is 4.79 Å². The Kier molecular flexibility index (Phi) is 7.13. The zero-order chi connectivity index (χ0) is 23.8. The largest absolute Gasteiger partial charge is 0.365 e. The number of carbonyl (C=O) groups excluding carboxylic acids is 1. The van der Waals surface area contributed by atoms with Gasteiger partial charge in [-0.25, -0.2) is 0 Å². The highest BCUT2D eigenvalue weighted by Crippen LogP contribution is 2.31. The van der Waals surface area contributed by atoms with E-state index in [1.165, 1.54) is 38.7 Å². The number of rotatable bonds is 7. The summed E-state index contributed by atoms with van der Waals surface area (Å²) in [6.07, 6.45) is 0.615. The maximum Gasteiger partial charge on any atom is 0.281 e. The van der Waals surface area contributed by atoms with Gasteiger partial charge in [0.05, 0.1) is 27.2 Å². The molecule has 1 aliphatic rings. The smallest absolute Gasteiger partial charge is 0.281 e. The topological polar surface area (TPSA) is 87.5 Å². The lowest BCUT2D eigenvalue weighted by Crippen LogP contribution is -2.38. The first kappa shape index (κ1) is 24.2. The second-order valence-corrected chi connectivity index (χ2v) is 12.2. The predicted molar refractivity (Wildman–Crippen MR) is 132 cm³/mol. The standard InChI is InChI=1S/C21H23Cl2N5O3S2/c1-26(2)33(30,31)27-10-9-14(13-27)18-11-20(24-12-15-7-8-19(23)32-15)28(25-18)21(29)16-5-3-4-6-17(16)22/h3-8,11,14,24H,9-10,12-13H2,1-2H3. The minimum atomic E-state index is -3.51. The highest BCUT2D eigenvalue weighted by Gasteiger charge is 2.35. The van der Waals surface area contributed by atoms with Crippen LogP contribution < -0.4 is 5.32 Å². The molecule has 0 spiro atoms. The molecule has 1 unspecified atom stereocenters. The van der Waals surface area contributed by atoms with Crippen LogP contribution in [-0.2, 0) is 16.8 Å². The van der Waals surface area contributed by atoms with E-state index in [4.69, 9.17) is 23.2 Å². The summed E-state index contributed by atoms with van der Waals surface area (Å²) in [6, 6.07) is 12.3. The first-order valence-corrected chi connectivity index (χ1v) is 13.2. The number of thiophene rings is 1. The lowest BCUT2D eigenvalue weighted by Gasteiger charge is -2.20. The van der Waals surface area contributed by atoms with Crippen LogP contribution in [0.4, 0.5) is 5.82 Å². The summed E-state index contributed by atoms with van der Waals surface area (Å²) >= 11 is 13.7. The van der Waals surface area contributed by atoms with Crippen molar-refractivity contribution in [1.29, 1.82) is 0 Å². The van der Waals surface area contributed by atoms with Gasteiger partial charge in [-0.2, -0.15) is 26.8 Å². The fourth-order valence-electron chi connectivity index (χ4n) is 3.66. The van der Waals surface area contributed by atoms with Gasteiger partial charge in [0.25, 0.3) is 16.1 Å². The summed E-state index contributed by atoms with van der Waals surface area (Å²) in [5.41, 5.74) is 0.984. The summed E-state index contributed by atoms with van der Waals surface area (Å²) in [5, 5.41) is 8.17. The number of halogens is 2. The van der Waals surface area contributed by atoms with Crippen molar-refractivity contribution < 1.29 is 13.2 Å². The monoisotopic (exact) mass is 527 g/mol. The maximum absolute atomic E-state index is 13.3. The Balaban J connectivity index is 1.63. The van der Waals surface area contributed by atoms with Crippen molar-refractivity contribution in [2.24, 2.45) is 0 Å². The molecule has 0 aliphatic carbocycles. The highest BCUT2D eigenvalue weighted by molar-refractivity contribution is 7.86. The Hall–Kier alpha value is -1.95. The van der Waals surface area contributed by atoms with Crippen LogP contribution in [0.25, 0.3) is 0 Å². The average molecular weight is 528 g/mol. The van der Waals surface area contributed by atoms with Gasteiger partial charge in [0.2, 0.25) is 0 Å². The summed E-state index contributed by atoms with van der Waals surface area (Å²) in [5.74, 6) is 0.0134. The number of aromatic nitrogens is 2. The molecule has 12 heteroatoms. The number of carbonyl (C=O) groups is 1. The molecular formula is C21H23Cl2N5O3S2. The van der Waals surface area contributed by atoms with Gasteiger partial charge in [-0.1, -0.05) is 35.3 Å². The van der Waals surface area contributed by atoms with Gasteiger partial charge in [0.15, 0.2) is 0 Å². The van der Waals surface area contributed by atoms with E-state index in [1.807, 2.05) is 12.1 Å². The molecule has 0 radical (unpaired) electrons. The molecule has 1 atom stereocenters. The molecule has 1 N–H and O–H groups in total. The molecule has 2 aromatic heterocycles. The molecule has 176 valence electrons. The van der Waals surface area contributed by atoms with Crippen molar-refractivity contribution in [2.45, 2.75) is 18.9 Å². The lowest BCUT2D eigenvalue weighted by molar-refractivity contribution is 0.0947. The van der Waals surface area contributed by atoms with Crippen molar-refractivity contribution >= 4 is 56.5 Å². The Bertz CT molecular complexity index is 1270. The predicted octanol–water partition coefficient (Wildman–Crippen LogP) is 4.15. The number of benzene rings is 1. The van der Waals surface area contributed by atoms with Crippen LogP contribution in [0.2, 0.25) is 9.36 Å². The molecule has 8 nitrogen and oxygen atoms in total. The molecule has 1 fully saturated rings. The maximum atomic E-state index is 13.3. The fraction of sp³-hybridized carbons (Fsp3) is 0.333. The van der Waals surface area contributed by atoms with Crippen LogP contribution in [0.1, 0.15) is 33.3 Å². The minimum absolute atomic E-state index is 0.128. The quantitative estimate of drug-likeness (QED) is 0.498. The number of anilines is 1. The van der Waals surface area contributed by atoms with Gasteiger partial charge >= 0.3 is 0 Å². The molecule has 0 amide bonds. The van der Waals surface area contributed by atoms with Crippen molar-refractivity contribution in [3.63, 3.8) is 0 Å². The van der Waals surface area contributed by atoms with E-state index in [9.17, 15) is 13.2 Å². The molecule has 1 aromatic carbocycles. The van der Waals surface area contributed by atoms with Crippen LogP contribution in [0.3, 0.4) is 0 Å². The van der Waals surface area contributed by atoms with E-state index in [1.54, 1.807) is 30.3 Å². The number of nitrogens with zero attached hydrogens (tertiary/aromatic N) is 4. The minimum Gasteiger partial charge on any atom is -0.365 e. The van der Waals surface area contributed by atoms with E-state index in [-0.39, 0.29) is 11.8 Å². The molecule has 0 bridgehead atoms. The summed E-state index contributed by atoms with van der Waals surface area (Å²) in [6.45, 7) is 1.16. The van der Waals surface area contributed by atoms with Crippen LogP contribution in [0.5, 0.6) is 0 Å². The fourth-order valence-corrected chi connectivity index (χ4v) is 6.07. The molecule has 33 heavy (non-hydrogen) atoms. The van der Waals surface area contributed by atoms with E-state index < -0.39 is 10.2 Å². The SMILES string of the molecule is CN(C)S(=O)(=O)N1CCC(c2cc(NCc3ccc(Cl)s3)n(C(=O)c3ccccc3Cl)n2)C1. The molecule has 3 heterocycles. The summed E-state index contributed by atoms with van der Waals surface area (Å²) < 4.78 is 29.6. The molecule has 1 aliphatic heterocycles. The van der Waals surface area contributed by atoms with Crippen molar-refractivity contribution in [1.82, 2.24) is 18.4 Å². The molecular weight excluding hydrogens is 505 g/mol. The molecule has 1 saturated heterocycles. The van der Waals surface area contributed by atoms with Gasteiger partial charge in [0, 0.05) is 44.0 Å². The third-order valence-corrected chi connectivity index (χ3v) is 8.92. The zero-order valence-electron chi connectivity index (χ0n) is 18.0. The average Bonchev–Trinajstić information content (AvgIpc) is 3.51. The van der Waals surface area contributed by atoms with Crippen LogP contribution in [0, 0.1) is 0 Å². The van der Waals surface area contributed by atoms with E-state index in [2.05, 4.69) is 10.4 Å². The third-order valence-electron chi connectivity index (χ3n) is 5.45. The number of hydrogen-bond acceptors (Lipinski definition) is 6. The Labute approximate surface area is 206 Å². The number of nitrogens with one attached hydrogen (secondary N) is 1. The zero-order valence-corrected chi connectivity index (χ0v) is 21.2. The number of hydrogen-bond donors (Lipinski definition) is 1. The second-order valence-electron chi connectivity index (χ2n) is 7.84. The molecule has 3 aromatic rings. The summed E-state index contributed by atoms with van der Waals surface area (Å²) in [4.78, 5) is 14.3. The Morgan fingerprint density at radius 3 is 2.67 bits per heavy atom. The van der Waals surface area contributed by atoms with Crippen molar-refractivity contribution in [3.8, 4) is 0 Å². The van der Waals surface area contributed by atoms with Crippen molar-refractivity contribution in [3.05, 3.63) is 68.0 Å². The van der Waals surface area contributed by atoms with Gasteiger partial charge in [-0.05, 0) is 30.7 Å². The van der Waals surface area contributed by atoms with Crippen LogP contribution in [0.15, 0.2) is 42.5 Å². The summed E-state index contributed by atoms with van der Waals surface area (Å²) in [7, 11) is -0.484. The van der Waals surface area contributed by atoms with Crippen LogP contribution in [-0.4, -0.2) is 59.9 Å². The van der Waals surface area contributed by atoms with Gasteiger partial charge in [-0.15, -0.1) is 11.3 Å². The van der Waals surface area contributed by atoms with Gasteiger partial charge < -0.3 is 5.32 Å². The van der Waals surface area contributed by atoms with E-state index in [0.717, 1.165) is 4.88 Å². The highest BCUT2D eigenvalue weighted by atomic mass is 35.5. The molecule has 0 saturated carbocycles. The Morgan fingerprint density at radius 1 is 1.24 bits per heavy atom. The lowest BCUT2D eigenvalue weighted by atomic mass is 10.1.